The maximum absolute atomic E-state index is 12.6. The number of likely N-dealkylation sites (N-methyl/N-ethyl adjacent to an activating group) is 1. The highest BCUT2D eigenvalue weighted by atomic mass is 16.5. The summed E-state index contributed by atoms with van der Waals surface area (Å²) in [6.45, 7) is 18.7. The van der Waals surface area contributed by atoms with Crippen molar-refractivity contribution in [2.24, 2.45) is 11.8 Å². The zero-order valence-corrected chi connectivity index (χ0v) is 41.9. The molecular formula is C54H108N2O5. The minimum Gasteiger partial charge on any atom is -0.465 e. The molecule has 0 rings (SSSR count). The van der Waals surface area contributed by atoms with Crippen LogP contribution in [0.5, 0.6) is 0 Å². The number of hydrogen-bond acceptors (Lipinski definition) is 7. The second kappa shape index (κ2) is 48.3. The van der Waals surface area contributed by atoms with Crippen molar-refractivity contribution in [1.82, 2.24) is 9.80 Å². The van der Waals surface area contributed by atoms with Crippen LogP contribution in [0, 0.1) is 11.8 Å². The van der Waals surface area contributed by atoms with Crippen molar-refractivity contribution in [3.63, 3.8) is 0 Å². The lowest BCUT2D eigenvalue weighted by Crippen LogP contribution is -2.37. The van der Waals surface area contributed by atoms with Gasteiger partial charge in [0.05, 0.1) is 19.8 Å². The summed E-state index contributed by atoms with van der Waals surface area (Å²) >= 11 is 0. The molecule has 61 heavy (non-hydrogen) atoms. The molecule has 0 aliphatic heterocycles. The Morgan fingerprint density at radius 3 is 1.05 bits per heavy atom. The van der Waals surface area contributed by atoms with E-state index >= 15 is 0 Å². The third kappa shape index (κ3) is 42.5. The Morgan fingerprint density at radius 1 is 0.377 bits per heavy atom. The minimum atomic E-state index is 0.00620. The van der Waals surface area contributed by atoms with Crippen molar-refractivity contribution in [1.29, 1.82) is 0 Å². The fourth-order valence-electron chi connectivity index (χ4n) is 8.79. The molecule has 0 radical (unpaired) electrons. The molecule has 0 saturated carbocycles. The average Bonchev–Trinajstić information content (AvgIpc) is 3.26. The second-order valence-electron chi connectivity index (χ2n) is 18.9. The summed E-state index contributed by atoms with van der Waals surface area (Å²) in [5.74, 6) is 1.08. The minimum absolute atomic E-state index is 0.00620. The van der Waals surface area contributed by atoms with Gasteiger partial charge in [-0.05, 0) is 82.8 Å². The highest BCUT2D eigenvalue weighted by molar-refractivity contribution is 5.69. The molecule has 364 valence electrons. The van der Waals surface area contributed by atoms with E-state index in [9.17, 15) is 14.7 Å². The fraction of sp³-hybridized carbons (Fsp3) is 0.963. The first-order valence-electron chi connectivity index (χ1n) is 27.3. The van der Waals surface area contributed by atoms with Gasteiger partial charge in [0.15, 0.2) is 0 Å². The quantitative estimate of drug-likeness (QED) is 0.0482. The van der Waals surface area contributed by atoms with Gasteiger partial charge in [-0.25, -0.2) is 0 Å². The summed E-state index contributed by atoms with van der Waals surface area (Å²) in [5, 5.41) is 9.50. The van der Waals surface area contributed by atoms with Crippen molar-refractivity contribution in [2.75, 3.05) is 59.1 Å². The van der Waals surface area contributed by atoms with Crippen LogP contribution in [0.3, 0.4) is 0 Å². The normalized spacial score (nSPS) is 12.7. The predicted octanol–water partition coefficient (Wildman–Crippen LogP) is 15.0. The number of aliphatic hydroxyl groups excluding tert-OH is 1. The average molecular weight is 865 g/mol. The molecule has 1 N–H and O–H groups in total. The molecule has 0 spiro atoms. The Hall–Kier alpha value is -1.18. The van der Waals surface area contributed by atoms with Crippen LogP contribution in [0.15, 0.2) is 0 Å². The van der Waals surface area contributed by atoms with Gasteiger partial charge in [0.1, 0.15) is 0 Å². The molecule has 0 amide bonds. The molecule has 0 aliphatic rings. The van der Waals surface area contributed by atoms with Gasteiger partial charge in [0.2, 0.25) is 0 Å². The molecule has 0 aromatic heterocycles. The monoisotopic (exact) mass is 865 g/mol. The van der Waals surface area contributed by atoms with Crippen molar-refractivity contribution < 1.29 is 24.2 Å². The SMILES string of the molecule is CCCCCCCCC(CCCCCC)COC(=O)CCCCCCCN(CCCCCCCC(=O)OCC(CCCCCC)CCCCCCCC)CCN(CC)CCO. The number of aliphatic hydroxyl groups is 1. The van der Waals surface area contributed by atoms with Crippen molar-refractivity contribution in [3.8, 4) is 0 Å². The molecule has 0 fully saturated rings. The van der Waals surface area contributed by atoms with Gasteiger partial charge >= 0.3 is 11.9 Å². The van der Waals surface area contributed by atoms with Crippen LogP contribution < -0.4 is 0 Å². The second-order valence-corrected chi connectivity index (χ2v) is 18.9. The topological polar surface area (TPSA) is 79.3 Å². The van der Waals surface area contributed by atoms with E-state index in [4.69, 9.17) is 9.47 Å². The lowest BCUT2D eigenvalue weighted by Gasteiger charge is -2.26. The van der Waals surface area contributed by atoms with E-state index in [0.29, 0.717) is 37.9 Å². The van der Waals surface area contributed by atoms with E-state index in [1.165, 1.54) is 193 Å². The summed E-state index contributed by atoms with van der Waals surface area (Å²) < 4.78 is 11.7. The molecule has 7 nitrogen and oxygen atoms in total. The van der Waals surface area contributed by atoms with Crippen LogP contribution in [0.4, 0.5) is 0 Å². The van der Waals surface area contributed by atoms with Crippen LogP contribution >= 0.6 is 0 Å². The lowest BCUT2D eigenvalue weighted by atomic mass is 9.95. The summed E-state index contributed by atoms with van der Waals surface area (Å²) in [5.41, 5.74) is 0. The fourth-order valence-corrected chi connectivity index (χ4v) is 8.79. The zero-order chi connectivity index (χ0) is 44.7. The number of rotatable bonds is 50. The molecule has 2 atom stereocenters. The van der Waals surface area contributed by atoms with Gasteiger partial charge in [0.25, 0.3) is 0 Å². The largest absolute Gasteiger partial charge is 0.465 e. The Morgan fingerprint density at radius 2 is 0.689 bits per heavy atom. The van der Waals surface area contributed by atoms with Gasteiger partial charge in [0, 0.05) is 32.5 Å². The highest BCUT2D eigenvalue weighted by Gasteiger charge is 2.14. The van der Waals surface area contributed by atoms with Crippen LogP contribution in [0.1, 0.15) is 266 Å². The molecular weight excluding hydrogens is 757 g/mol. The predicted molar refractivity (Wildman–Crippen MR) is 263 cm³/mol. The van der Waals surface area contributed by atoms with Crippen LogP contribution in [-0.2, 0) is 19.1 Å². The molecule has 0 aromatic rings. The number of carbonyl (C=O) groups excluding carboxylic acids is 2. The molecule has 0 aliphatic carbocycles. The Balaban J connectivity index is 4.45. The van der Waals surface area contributed by atoms with E-state index in [0.717, 1.165) is 65.0 Å². The van der Waals surface area contributed by atoms with Gasteiger partial charge in [-0.2, -0.15) is 0 Å². The van der Waals surface area contributed by atoms with E-state index in [1.807, 2.05) is 0 Å². The molecule has 2 unspecified atom stereocenters. The van der Waals surface area contributed by atoms with Gasteiger partial charge in [-0.15, -0.1) is 0 Å². The Bertz CT molecular complexity index is 841. The number of unbranched alkanes of at least 4 members (excludes halogenated alkanes) is 24. The number of hydrogen-bond donors (Lipinski definition) is 1. The standard InChI is InChI=1S/C54H108N2O5/c1-6-11-15-19-23-31-39-51(37-29-17-13-8-3)49-60-53(58)41-33-25-21-27-35-43-56(46-45-55(10-5)47-48-57)44-36-28-22-26-34-42-54(59)61-50-52(38-30-18-14-9-4)40-32-24-20-16-12-7-2/h51-52,57H,6-50H2,1-5H3. The molecule has 0 heterocycles. The summed E-state index contributed by atoms with van der Waals surface area (Å²) in [6.07, 6.45) is 43.3. The van der Waals surface area contributed by atoms with Gasteiger partial charge in [-0.1, -0.05) is 202 Å². The van der Waals surface area contributed by atoms with E-state index in [-0.39, 0.29) is 18.5 Å². The van der Waals surface area contributed by atoms with E-state index in [2.05, 4.69) is 44.4 Å². The van der Waals surface area contributed by atoms with Crippen LogP contribution in [-0.4, -0.2) is 85.9 Å². The third-order valence-corrected chi connectivity index (χ3v) is 13.1. The first kappa shape index (κ1) is 59.8. The molecule has 0 saturated heterocycles. The lowest BCUT2D eigenvalue weighted by molar-refractivity contribution is -0.146. The molecule has 0 aromatic carbocycles. The van der Waals surface area contributed by atoms with Crippen molar-refractivity contribution in [2.45, 2.75) is 266 Å². The molecule has 0 bridgehead atoms. The van der Waals surface area contributed by atoms with Crippen molar-refractivity contribution >= 4 is 11.9 Å². The smallest absolute Gasteiger partial charge is 0.305 e. The number of ether oxygens (including phenoxy) is 2. The number of carbonyl (C=O) groups is 2. The maximum Gasteiger partial charge on any atom is 0.305 e. The zero-order valence-electron chi connectivity index (χ0n) is 41.9. The van der Waals surface area contributed by atoms with Crippen molar-refractivity contribution in [3.05, 3.63) is 0 Å². The first-order valence-corrected chi connectivity index (χ1v) is 27.3. The summed E-state index contributed by atoms with van der Waals surface area (Å²) in [4.78, 5) is 30.3. The van der Waals surface area contributed by atoms with E-state index < -0.39 is 0 Å². The van der Waals surface area contributed by atoms with Gasteiger partial charge < -0.3 is 24.4 Å². The highest BCUT2D eigenvalue weighted by Crippen LogP contribution is 2.22. The van der Waals surface area contributed by atoms with Crippen LogP contribution in [0.25, 0.3) is 0 Å². The summed E-state index contributed by atoms with van der Waals surface area (Å²) in [6, 6.07) is 0. The Labute approximate surface area is 381 Å². The van der Waals surface area contributed by atoms with Crippen LogP contribution in [0.2, 0.25) is 0 Å². The maximum atomic E-state index is 12.6. The third-order valence-electron chi connectivity index (χ3n) is 13.1. The van der Waals surface area contributed by atoms with E-state index in [1.54, 1.807) is 0 Å². The first-order chi connectivity index (χ1) is 29.9. The molecule has 7 heteroatoms. The summed E-state index contributed by atoms with van der Waals surface area (Å²) in [7, 11) is 0. The number of nitrogens with zero attached hydrogens (tertiary/aromatic N) is 2. The number of esters is 2. The van der Waals surface area contributed by atoms with Gasteiger partial charge in [-0.3, -0.25) is 9.59 Å². The Kier molecular flexibility index (Phi) is 47.3.